The summed E-state index contributed by atoms with van der Waals surface area (Å²) in [4.78, 5) is 26.2. The highest BCUT2D eigenvalue weighted by atomic mass is 35.5. The number of rotatable bonds is 9. The van der Waals surface area contributed by atoms with Gasteiger partial charge in [0.15, 0.2) is 5.69 Å². The summed E-state index contributed by atoms with van der Waals surface area (Å²) < 4.78 is 35.9. The third-order valence-electron chi connectivity index (χ3n) is 6.67. The van der Waals surface area contributed by atoms with Crippen LogP contribution in [0.2, 0.25) is 10.0 Å². The topological polar surface area (TPSA) is 117 Å². The van der Waals surface area contributed by atoms with Gasteiger partial charge in [0, 0.05) is 16.1 Å². The molecule has 1 N–H and O–H groups in total. The summed E-state index contributed by atoms with van der Waals surface area (Å²) in [6, 6.07) is 11.3. The fraction of sp³-hybridized carbons (Fsp3) is 0.370. The number of amides is 1. The van der Waals surface area contributed by atoms with Gasteiger partial charge in [-0.15, -0.1) is 0 Å². The first kappa shape index (κ1) is 28.9. The molecule has 1 aliphatic carbocycles. The van der Waals surface area contributed by atoms with Crippen LogP contribution in [0.4, 0.5) is 0 Å². The average Bonchev–Trinajstić information content (AvgIpc) is 3.49. The van der Waals surface area contributed by atoms with E-state index in [2.05, 4.69) is 10.4 Å². The standard InChI is InChI=1S/C27H29Cl2N3O6S/c1-4-15-39(35,36)38-20-10-7-18(8-11-20)24-17(2)23(31-32(24)22-12-9-19(28)16-21(22)29)25(33)30-27(26(34)37-3)13-5-6-14-27/h7-12,16H,4-6,13-15H2,1-3H3,(H,30,33). The second kappa shape index (κ2) is 11.6. The minimum absolute atomic E-state index is 0.0960. The summed E-state index contributed by atoms with van der Waals surface area (Å²) in [6.45, 7) is 3.50. The Morgan fingerprint density at radius 3 is 2.36 bits per heavy atom. The number of hydrogen-bond donors (Lipinski definition) is 1. The predicted octanol–water partition coefficient (Wildman–Crippen LogP) is 5.49. The monoisotopic (exact) mass is 593 g/mol. The molecule has 9 nitrogen and oxygen atoms in total. The van der Waals surface area contributed by atoms with Gasteiger partial charge in [-0.3, -0.25) is 4.79 Å². The van der Waals surface area contributed by atoms with Crippen molar-refractivity contribution in [1.82, 2.24) is 15.1 Å². The number of ether oxygens (including phenoxy) is 1. The van der Waals surface area contributed by atoms with Crippen molar-refractivity contribution in [3.63, 3.8) is 0 Å². The van der Waals surface area contributed by atoms with Crippen molar-refractivity contribution in [3.05, 3.63) is 63.8 Å². The molecule has 0 saturated heterocycles. The predicted molar refractivity (Wildman–Crippen MR) is 149 cm³/mol. The summed E-state index contributed by atoms with van der Waals surface area (Å²) in [5.74, 6) is -0.934. The van der Waals surface area contributed by atoms with E-state index in [9.17, 15) is 18.0 Å². The van der Waals surface area contributed by atoms with Crippen LogP contribution in [0.1, 0.15) is 55.1 Å². The summed E-state index contributed by atoms with van der Waals surface area (Å²) >= 11 is 12.6. The highest BCUT2D eigenvalue weighted by Gasteiger charge is 2.44. The number of benzene rings is 2. The Bertz CT molecular complexity index is 1500. The molecule has 39 heavy (non-hydrogen) atoms. The molecular formula is C27H29Cl2N3O6S. The van der Waals surface area contributed by atoms with Gasteiger partial charge < -0.3 is 14.2 Å². The van der Waals surface area contributed by atoms with E-state index in [1.807, 2.05) is 0 Å². The van der Waals surface area contributed by atoms with Crippen LogP contribution in [0.5, 0.6) is 5.75 Å². The Hall–Kier alpha value is -3.08. The van der Waals surface area contributed by atoms with Crippen LogP contribution < -0.4 is 9.50 Å². The van der Waals surface area contributed by atoms with Crippen LogP contribution in [0.15, 0.2) is 42.5 Å². The van der Waals surface area contributed by atoms with Crippen molar-refractivity contribution in [1.29, 1.82) is 0 Å². The number of aromatic nitrogens is 2. The Morgan fingerprint density at radius 2 is 1.77 bits per heavy atom. The van der Waals surface area contributed by atoms with E-state index >= 15 is 0 Å². The van der Waals surface area contributed by atoms with Gasteiger partial charge in [-0.25, -0.2) is 9.48 Å². The lowest BCUT2D eigenvalue weighted by atomic mass is 9.97. The van der Waals surface area contributed by atoms with E-state index in [-0.39, 0.29) is 17.2 Å². The zero-order valence-electron chi connectivity index (χ0n) is 21.8. The largest absolute Gasteiger partial charge is 0.467 e. The maximum atomic E-state index is 13.6. The molecule has 0 radical (unpaired) electrons. The second-order valence-corrected chi connectivity index (χ2v) is 12.0. The van der Waals surface area contributed by atoms with Gasteiger partial charge in [0.25, 0.3) is 5.91 Å². The molecule has 2 aromatic carbocycles. The Morgan fingerprint density at radius 1 is 1.10 bits per heavy atom. The van der Waals surface area contributed by atoms with Crippen LogP contribution in [0.3, 0.4) is 0 Å². The van der Waals surface area contributed by atoms with Crippen LogP contribution in [-0.4, -0.2) is 48.5 Å². The molecule has 1 amide bonds. The van der Waals surface area contributed by atoms with Crippen LogP contribution in [0.25, 0.3) is 16.9 Å². The van der Waals surface area contributed by atoms with Gasteiger partial charge in [-0.2, -0.15) is 13.5 Å². The number of nitrogens with zero attached hydrogens (tertiary/aromatic N) is 2. The Labute approximate surface area is 237 Å². The van der Waals surface area contributed by atoms with Crippen molar-refractivity contribution in [2.24, 2.45) is 0 Å². The molecule has 0 bridgehead atoms. The van der Waals surface area contributed by atoms with Crippen LogP contribution >= 0.6 is 23.2 Å². The fourth-order valence-electron chi connectivity index (χ4n) is 4.82. The first-order valence-electron chi connectivity index (χ1n) is 12.5. The first-order chi connectivity index (χ1) is 18.5. The highest BCUT2D eigenvalue weighted by Crippen LogP contribution is 2.35. The summed E-state index contributed by atoms with van der Waals surface area (Å²) in [5.41, 5.74) is 1.19. The third kappa shape index (κ3) is 6.08. The molecule has 1 heterocycles. The highest BCUT2D eigenvalue weighted by molar-refractivity contribution is 7.87. The molecule has 208 valence electrons. The van der Waals surface area contributed by atoms with Gasteiger partial charge in [0.2, 0.25) is 0 Å². The van der Waals surface area contributed by atoms with Crippen molar-refractivity contribution < 1.29 is 26.9 Å². The first-order valence-corrected chi connectivity index (χ1v) is 14.8. The lowest BCUT2D eigenvalue weighted by Crippen LogP contribution is -2.53. The molecule has 1 fully saturated rings. The van der Waals surface area contributed by atoms with E-state index < -0.39 is 27.5 Å². The Balaban J connectivity index is 1.78. The van der Waals surface area contributed by atoms with Gasteiger partial charge in [0.1, 0.15) is 11.3 Å². The zero-order valence-corrected chi connectivity index (χ0v) is 24.1. The summed E-state index contributed by atoms with van der Waals surface area (Å²) in [6.07, 6.45) is 2.96. The minimum atomic E-state index is -3.70. The summed E-state index contributed by atoms with van der Waals surface area (Å²) in [7, 11) is -2.40. The van der Waals surface area contributed by atoms with Crippen molar-refractivity contribution in [2.45, 2.75) is 51.5 Å². The molecule has 4 rings (SSSR count). The lowest BCUT2D eigenvalue weighted by Gasteiger charge is -2.26. The smallest absolute Gasteiger partial charge is 0.331 e. The van der Waals surface area contributed by atoms with Crippen molar-refractivity contribution in [2.75, 3.05) is 12.9 Å². The molecule has 0 atom stereocenters. The lowest BCUT2D eigenvalue weighted by molar-refractivity contribution is -0.148. The second-order valence-electron chi connectivity index (χ2n) is 9.43. The normalized spacial score (nSPS) is 14.7. The van der Waals surface area contributed by atoms with Crippen molar-refractivity contribution >= 4 is 45.2 Å². The maximum absolute atomic E-state index is 13.6. The molecule has 3 aromatic rings. The number of esters is 1. The van der Waals surface area contributed by atoms with Crippen LogP contribution in [-0.2, 0) is 19.6 Å². The maximum Gasteiger partial charge on any atom is 0.331 e. The molecular weight excluding hydrogens is 565 g/mol. The summed E-state index contributed by atoms with van der Waals surface area (Å²) in [5, 5.41) is 8.24. The molecule has 0 aliphatic heterocycles. The number of nitrogens with one attached hydrogen (secondary N) is 1. The van der Waals surface area contributed by atoms with Gasteiger partial charge >= 0.3 is 16.1 Å². The molecule has 1 aliphatic rings. The SMILES string of the molecule is CCCS(=O)(=O)Oc1ccc(-c2c(C)c(C(=O)NC3(C(=O)OC)CCCC3)nn2-c2ccc(Cl)cc2Cl)cc1. The number of methoxy groups -OCH3 is 1. The van der Waals surface area contributed by atoms with Crippen molar-refractivity contribution in [3.8, 4) is 22.7 Å². The molecule has 0 unspecified atom stereocenters. The van der Waals surface area contributed by atoms with E-state index in [1.165, 1.54) is 23.9 Å². The Kier molecular flexibility index (Phi) is 8.58. The van der Waals surface area contributed by atoms with Gasteiger partial charge in [-0.05, 0) is 68.7 Å². The van der Waals surface area contributed by atoms with E-state index in [0.717, 1.165) is 12.8 Å². The number of carbonyl (C=O) groups excluding carboxylic acids is 2. The number of halogens is 2. The molecule has 12 heteroatoms. The molecule has 0 spiro atoms. The number of hydrogen-bond acceptors (Lipinski definition) is 7. The zero-order chi connectivity index (χ0) is 28.4. The fourth-order valence-corrected chi connectivity index (χ4v) is 6.29. The molecule has 1 aromatic heterocycles. The quantitative estimate of drug-likeness (QED) is 0.257. The van der Waals surface area contributed by atoms with Gasteiger partial charge in [-0.1, -0.05) is 43.0 Å². The van der Waals surface area contributed by atoms with E-state index in [0.29, 0.717) is 51.8 Å². The van der Waals surface area contributed by atoms with E-state index in [4.69, 9.17) is 32.1 Å². The molecule has 1 saturated carbocycles. The third-order valence-corrected chi connectivity index (χ3v) is 8.56. The average molecular weight is 595 g/mol. The number of carbonyl (C=O) groups is 2. The van der Waals surface area contributed by atoms with E-state index in [1.54, 1.807) is 44.2 Å². The van der Waals surface area contributed by atoms with Crippen LogP contribution in [0, 0.1) is 6.92 Å². The van der Waals surface area contributed by atoms with Gasteiger partial charge in [0.05, 0.1) is 29.3 Å². The minimum Gasteiger partial charge on any atom is -0.467 e.